The Morgan fingerprint density at radius 1 is 0.833 bits per heavy atom. The molecule has 1 aliphatic heterocycles. The van der Waals surface area contributed by atoms with Crippen LogP contribution in [0.3, 0.4) is 0 Å². The number of carboxylic acid groups (broad SMARTS) is 1. The highest BCUT2D eigenvalue weighted by atomic mass is 35.5. The summed E-state index contributed by atoms with van der Waals surface area (Å²) in [5.41, 5.74) is 3.98. The summed E-state index contributed by atoms with van der Waals surface area (Å²) >= 11 is 5.95. The molecule has 0 spiro atoms. The second kappa shape index (κ2) is 12.0. The van der Waals surface area contributed by atoms with E-state index in [9.17, 15) is 19.5 Å². The molecule has 0 aliphatic carbocycles. The Morgan fingerprint density at radius 3 is 2.11 bits per heavy atom. The van der Waals surface area contributed by atoms with E-state index in [1.165, 1.54) is 0 Å². The number of likely N-dealkylation sites (tertiary alicyclic amines) is 1. The van der Waals surface area contributed by atoms with Crippen molar-refractivity contribution < 1.29 is 19.5 Å². The Hall–Kier alpha value is -3.44. The van der Waals surface area contributed by atoms with Gasteiger partial charge in [-0.15, -0.1) is 0 Å². The monoisotopic (exact) mass is 503 g/mol. The summed E-state index contributed by atoms with van der Waals surface area (Å²) in [6, 6.07) is 22.1. The number of rotatable bonds is 9. The smallest absolute Gasteiger partial charge is 0.306 e. The van der Waals surface area contributed by atoms with Gasteiger partial charge in [-0.25, -0.2) is 0 Å². The molecular formula is C30H30ClNO4. The maximum absolute atomic E-state index is 12.9. The normalized spacial score (nSPS) is 14.3. The number of nitrogens with zero attached hydrogens (tertiary/aromatic N) is 1. The minimum Gasteiger partial charge on any atom is -0.481 e. The number of carbonyl (C=O) groups excluding carboxylic acids is 2. The van der Waals surface area contributed by atoms with Crippen LogP contribution in [0.4, 0.5) is 0 Å². The predicted octanol–water partition coefficient (Wildman–Crippen LogP) is 6.54. The number of carboxylic acids is 1. The third kappa shape index (κ3) is 6.61. The standard InChI is InChI=1S/C30H30ClNO4/c31-27-15-13-23(14-16-27)22-9-11-24(12-10-22)28(33)20-26(30(35)36)8-7-21-5-4-6-25(19-21)29(34)32-17-2-1-3-18-32/h4-6,9-16,19,26H,1-3,7-8,17-18,20H2,(H,35,36). The zero-order valence-electron chi connectivity index (χ0n) is 20.2. The third-order valence-corrected chi connectivity index (χ3v) is 7.02. The van der Waals surface area contributed by atoms with Gasteiger partial charge in [-0.1, -0.05) is 60.1 Å². The van der Waals surface area contributed by atoms with E-state index in [0.717, 1.165) is 49.0 Å². The zero-order valence-corrected chi connectivity index (χ0v) is 20.9. The summed E-state index contributed by atoms with van der Waals surface area (Å²) in [6.07, 6.45) is 3.97. The molecule has 6 heteroatoms. The summed E-state index contributed by atoms with van der Waals surface area (Å²) in [6.45, 7) is 1.57. The summed E-state index contributed by atoms with van der Waals surface area (Å²) in [4.78, 5) is 39.5. The van der Waals surface area contributed by atoms with E-state index in [1.54, 1.807) is 12.1 Å². The number of aliphatic carboxylic acids is 1. The quantitative estimate of drug-likeness (QED) is 0.336. The van der Waals surface area contributed by atoms with Gasteiger partial charge in [0, 0.05) is 35.7 Å². The van der Waals surface area contributed by atoms with Gasteiger partial charge in [0.15, 0.2) is 5.78 Å². The number of aryl methyl sites for hydroxylation is 1. The predicted molar refractivity (Wildman–Crippen MR) is 141 cm³/mol. The van der Waals surface area contributed by atoms with E-state index >= 15 is 0 Å². The second-order valence-electron chi connectivity index (χ2n) is 9.34. The molecule has 1 amide bonds. The van der Waals surface area contributed by atoms with Crippen molar-refractivity contribution in [2.45, 2.75) is 38.5 Å². The van der Waals surface area contributed by atoms with Crippen LogP contribution in [0.15, 0.2) is 72.8 Å². The highest BCUT2D eigenvalue weighted by Crippen LogP contribution is 2.24. The summed E-state index contributed by atoms with van der Waals surface area (Å²) < 4.78 is 0. The van der Waals surface area contributed by atoms with Crippen LogP contribution in [-0.4, -0.2) is 40.8 Å². The maximum Gasteiger partial charge on any atom is 0.306 e. The van der Waals surface area contributed by atoms with E-state index in [0.29, 0.717) is 29.0 Å². The molecule has 3 aromatic rings. The van der Waals surface area contributed by atoms with Gasteiger partial charge >= 0.3 is 5.97 Å². The number of ketones is 1. The van der Waals surface area contributed by atoms with Crippen molar-refractivity contribution in [3.8, 4) is 11.1 Å². The number of hydrogen-bond acceptors (Lipinski definition) is 3. The number of amides is 1. The molecule has 186 valence electrons. The van der Waals surface area contributed by atoms with Gasteiger partial charge in [-0.3, -0.25) is 14.4 Å². The first-order valence-corrected chi connectivity index (χ1v) is 12.8. The molecule has 1 fully saturated rings. The van der Waals surface area contributed by atoms with E-state index < -0.39 is 11.9 Å². The van der Waals surface area contributed by atoms with Crippen LogP contribution in [-0.2, 0) is 11.2 Å². The second-order valence-corrected chi connectivity index (χ2v) is 9.78. The van der Waals surface area contributed by atoms with Gasteiger partial charge in [0.25, 0.3) is 5.91 Å². The fourth-order valence-corrected chi connectivity index (χ4v) is 4.75. The van der Waals surface area contributed by atoms with Gasteiger partial charge in [0.05, 0.1) is 5.92 Å². The van der Waals surface area contributed by atoms with Crippen LogP contribution in [0, 0.1) is 5.92 Å². The fourth-order valence-electron chi connectivity index (χ4n) is 4.63. The zero-order chi connectivity index (χ0) is 25.5. The largest absolute Gasteiger partial charge is 0.481 e. The number of carbonyl (C=O) groups is 3. The third-order valence-electron chi connectivity index (χ3n) is 6.76. The summed E-state index contributed by atoms with van der Waals surface area (Å²) in [5.74, 6) is -1.95. The molecule has 36 heavy (non-hydrogen) atoms. The molecule has 4 rings (SSSR count). The molecule has 1 N–H and O–H groups in total. The van der Waals surface area contributed by atoms with Gasteiger partial charge < -0.3 is 10.0 Å². The van der Waals surface area contributed by atoms with E-state index in [4.69, 9.17) is 11.6 Å². The lowest BCUT2D eigenvalue weighted by Crippen LogP contribution is -2.35. The Labute approximate surface area is 216 Å². The van der Waals surface area contributed by atoms with Crippen molar-refractivity contribution in [1.29, 1.82) is 0 Å². The molecular weight excluding hydrogens is 474 g/mol. The fraction of sp³-hybridized carbons (Fsp3) is 0.300. The van der Waals surface area contributed by atoms with Crippen LogP contribution >= 0.6 is 11.6 Å². The number of benzene rings is 3. The van der Waals surface area contributed by atoms with Crippen molar-refractivity contribution >= 4 is 29.3 Å². The first kappa shape index (κ1) is 25.6. The highest BCUT2D eigenvalue weighted by Gasteiger charge is 2.23. The number of piperidine rings is 1. The van der Waals surface area contributed by atoms with Crippen LogP contribution < -0.4 is 0 Å². The van der Waals surface area contributed by atoms with Crippen molar-refractivity contribution in [3.05, 3.63) is 94.5 Å². The van der Waals surface area contributed by atoms with Crippen LogP contribution in [0.25, 0.3) is 11.1 Å². The van der Waals surface area contributed by atoms with Gasteiger partial charge in [0.2, 0.25) is 0 Å². The molecule has 1 unspecified atom stereocenters. The van der Waals surface area contributed by atoms with E-state index in [-0.39, 0.29) is 18.1 Å². The molecule has 1 atom stereocenters. The summed E-state index contributed by atoms with van der Waals surface area (Å²) in [5, 5.41) is 10.4. The van der Waals surface area contributed by atoms with Crippen molar-refractivity contribution in [3.63, 3.8) is 0 Å². The topological polar surface area (TPSA) is 74.7 Å². The van der Waals surface area contributed by atoms with E-state index in [1.807, 2.05) is 65.6 Å². The first-order chi connectivity index (χ1) is 17.4. The highest BCUT2D eigenvalue weighted by molar-refractivity contribution is 6.30. The maximum atomic E-state index is 12.9. The number of Topliss-reactive ketones (excluding diaryl/α,β-unsaturated/α-hetero) is 1. The Kier molecular flexibility index (Phi) is 8.55. The molecule has 1 aliphatic rings. The lowest BCUT2D eigenvalue weighted by Gasteiger charge is -2.26. The average Bonchev–Trinajstić information content (AvgIpc) is 2.91. The van der Waals surface area contributed by atoms with Crippen molar-refractivity contribution in [2.24, 2.45) is 5.92 Å². The molecule has 1 saturated heterocycles. The molecule has 3 aromatic carbocycles. The molecule has 0 bridgehead atoms. The lowest BCUT2D eigenvalue weighted by atomic mass is 9.91. The number of halogens is 1. The van der Waals surface area contributed by atoms with Gasteiger partial charge in [0.1, 0.15) is 0 Å². The SMILES string of the molecule is O=C(CC(CCc1cccc(C(=O)N2CCCCC2)c1)C(=O)O)c1ccc(-c2ccc(Cl)cc2)cc1. The van der Waals surface area contributed by atoms with Crippen molar-refractivity contribution in [2.75, 3.05) is 13.1 Å². The van der Waals surface area contributed by atoms with Gasteiger partial charge in [-0.2, -0.15) is 0 Å². The Morgan fingerprint density at radius 2 is 1.47 bits per heavy atom. The molecule has 0 radical (unpaired) electrons. The minimum atomic E-state index is -0.985. The molecule has 5 nitrogen and oxygen atoms in total. The van der Waals surface area contributed by atoms with Crippen LogP contribution in [0.5, 0.6) is 0 Å². The molecule has 1 heterocycles. The molecule has 0 aromatic heterocycles. The Bertz CT molecular complexity index is 1210. The minimum absolute atomic E-state index is 0.0311. The first-order valence-electron chi connectivity index (χ1n) is 12.4. The lowest BCUT2D eigenvalue weighted by molar-refractivity contribution is -0.141. The van der Waals surface area contributed by atoms with Crippen LogP contribution in [0.2, 0.25) is 5.02 Å². The van der Waals surface area contributed by atoms with Gasteiger partial charge in [-0.05, 0) is 73.1 Å². The Balaban J connectivity index is 1.37. The van der Waals surface area contributed by atoms with Crippen molar-refractivity contribution in [1.82, 2.24) is 4.90 Å². The number of hydrogen-bond donors (Lipinski definition) is 1. The summed E-state index contributed by atoms with van der Waals surface area (Å²) in [7, 11) is 0. The molecule has 0 saturated carbocycles. The van der Waals surface area contributed by atoms with E-state index in [2.05, 4.69) is 0 Å². The van der Waals surface area contributed by atoms with Crippen LogP contribution in [0.1, 0.15) is 58.4 Å². The average molecular weight is 504 g/mol.